The molecule has 3 nitrogen and oxygen atoms in total. The van der Waals surface area contributed by atoms with Gasteiger partial charge < -0.3 is 14.4 Å². The van der Waals surface area contributed by atoms with Gasteiger partial charge in [-0.2, -0.15) is 0 Å². The molecule has 0 aromatic rings. The first-order chi connectivity index (χ1) is 8.69. The number of rotatable bonds is 8. The minimum atomic E-state index is -0.250. The van der Waals surface area contributed by atoms with Crippen LogP contribution >= 0.6 is 0 Å². The molecule has 1 rings (SSSR count). The van der Waals surface area contributed by atoms with E-state index < -0.39 is 0 Å². The summed E-state index contributed by atoms with van der Waals surface area (Å²) in [7, 11) is 0. The van der Waals surface area contributed by atoms with Crippen LogP contribution in [0.3, 0.4) is 0 Å². The Bertz CT molecular complexity index is 233. The fourth-order valence-corrected chi connectivity index (χ4v) is 2.79. The molecule has 0 spiro atoms. The largest absolute Gasteiger partial charge is 0.380 e. The van der Waals surface area contributed by atoms with Crippen LogP contribution < -0.4 is 0 Å². The molecule has 3 heteroatoms. The molecule has 1 fully saturated rings. The Morgan fingerprint density at radius 2 is 2.06 bits per heavy atom. The summed E-state index contributed by atoms with van der Waals surface area (Å²) in [5.41, 5.74) is -0.250. The van der Waals surface area contributed by atoms with Crippen molar-refractivity contribution >= 4 is 6.29 Å². The second-order valence-corrected chi connectivity index (χ2v) is 5.65. The van der Waals surface area contributed by atoms with Gasteiger partial charge in [-0.3, -0.25) is 0 Å². The van der Waals surface area contributed by atoms with E-state index in [1.54, 1.807) is 0 Å². The lowest BCUT2D eigenvalue weighted by Gasteiger charge is -2.37. The maximum atomic E-state index is 11.5. The van der Waals surface area contributed by atoms with Crippen LogP contribution in [0.4, 0.5) is 0 Å². The molecule has 106 valence electrons. The van der Waals surface area contributed by atoms with Crippen LogP contribution in [0, 0.1) is 11.3 Å². The predicted octanol–water partition coefficient (Wildman–Crippen LogP) is 2.74. The van der Waals surface area contributed by atoms with Gasteiger partial charge in [-0.25, -0.2) is 0 Å². The van der Waals surface area contributed by atoms with E-state index in [4.69, 9.17) is 4.74 Å². The van der Waals surface area contributed by atoms with Gasteiger partial charge in [-0.1, -0.05) is 33.6 Å². The van der Waals surface area contributed by atoms with Gasteiger partial charge in [0.15, 0.2) is 0 Å². The summed E-state index contributed by atoms with van der Waals surface area (Å²) in [5.74, 6) is 0.748. The zero-order chi connectivity index (χ0) is 13.4. The lowest BCUT2D eigenvalue weighted by molar-refractivity contribution is -0.125. The van der Waals surface area contributed by atoms with Gasteiger partial charge in [0.1, 0.15) is 6.29 Å². The maximum Gasteiger partial charge on any atom is 0.129 e. The molecular formula is C15H29NO2. The smallest absolute Gasteiger partial charge is 0.129 e. The van der Waals surface area contributed by atoms with Gasteiger partial charge in [-0.15, -0.1) is 0 Å². The van der Waals surface area contributed by atoms with E-state index in [-0.39, 0.29) is 5.41 Å². The molecule has 0 bridgehead atoms. The van der Waals surface area contributed by atoms with Gasteiger partial charge >= 0.3 is 0 Å². The predicted molar refractivity (Wildman–Crippen MR) is 74.7 cm³/mol. The van der Waals surface area contributed by atoms with Crippen molar-refractivity contribution < 1.29 is 9.53 Å². The first-order valence-electron chi connectivity index (χ1n) is 7.46. The van der Waals surface area contributed by atoms with E-state index in [1.165, 1.54) is 12.8 Å². The quantitative estimate of drug-likeness (QED) is 0.625. The molecule has 0 radical (unpaired) electrons. The minimum Gasteiger partial charge on any atom is -0.380 e. The molecule has 0 aliphatic carbocycles. The maximum absolute atomic E-state index is 11.5. The highest BCUT2D eigenvalue weighted by molar-refractivity contribution is 5.60. The van der Waals surface area contributed by atoms with E-state index in [0.717, 1.165) is 51.3 Å². The lowest BCUT2D eigenvalue weighted by Crippen LogP contribution is -2.45. The van der Waals surface area contributed by atoms with E-state index in [0.29, 0.717) is 6.61 Å². The Balaban J connectivity index is 2.56. The lowest BCUT2D eigenvalue weighted by atomic mass is 9.83. The molecule has 1 aliphatic rings. The first kappa shape index (κ1) is 15.6. The Hall–Kier alpha value is -0.410. The van der Waals surface area contributed by atoms with E-state index in [9.17, 15) is 4.79 Å². The van der Waals surface area contributed by atoms with Gasteiger partial charge in [0.2, 0.25) is 0 Å². The zero-order valence-electron chi connectivity index (χ0n) is 12.3. The van der Waals surface area contributed by atoms with Crippen LogP contribution in [0.15, 0.2) is 0 Å². The van der Waals surface area contributed by atoms with Crippen molar-refractivity contribution in [2.75, 3.05) is 32.8 Å². The highest BCUT2D eigenvalue weighted by Gasteiger charge is 2.34. The standard InChI is InChI=1S/C15H29NO2/c1-4-14(5-2)10-16(6-3)11-15(12-17)8-7-9-18-13-15/h12,14H,4-11,13H2,1-3H3. The molecule has 0 N–H and O–H groups in total. The number of nitrogens with zero attached hydrogens (tertiary/aromatic N) is 1. The van der Waals surface area contributed by atoms with Crippen molar-refractivity contribution in [1.82, 2.24) is 4.90 Å². The number of carbonyl (C=O) groups excluding carboxylic acids is 1. The van der Waals surface area contributed by atoms with Crippen molar-refractivity contribution in [3.63, 3.8) is 0 Å². The second-order valence-electron chi connectivity index (χ2n) is 5.65. The Morgan fingerprint density at radius 1 is 1.33 bits per heavy atom. The summed E-state index contributed by atoms with van der Waals surface area (Å²) in [4.78, 5) is 13.9. The molecule has 1 heterocycles. The van der Waals surface area contributed by atoms with Crippen LogP contribution in [0.2, 0.25) is 0 Å². The Kier molecular flexibility index (Phi) is 6.87. The average molecular weight is 255 g/mol. The molecule has 0 saturated carbocycles. The minimum absolute atomic E-state index is 0.250. The Morgan fingerprint density at radius 3 is 2.50 bits per heavy atom. The summed E-state index contributed by atoms with van der Waals surface area (Å²) in [6, 6.07) is 0. The molecular weight excluding hydrogens is 226 g/mol. The summed E-state index contributed by atoms with van der Waals surface area (Å²) in [6.45, 7) is 11.1. The van der Waals surface area contributed by atoms with Crippen LogP contribution in [0.1, 0.15) is 46.5 Å². The zero-order valence-corrected chi connectivity index (χ0v) is 12.3. The highest BCUT2D eigenvalue weighted by Crippen LogP contribution is 2.28. The summed E-state index contributed by atoms with van der Waals surface area (Å²) in [6.07, 6.45) is 5.58. The van der Waals surface area contributed by atoms with Crippen LogP contribution in [0.5, 0.6) is 0 Å². The normalized spacial score (nSPS) is 24.7. The molecule has 0 aromatic heterocycles. The summed E-state index contributed by atoms with van der Waals surface area (Å²) >= 11 is 0. The second kappa shape index (κ2) is 7.90. The monoisotopic (exact) mass is 255 g/mol. The van der Waals surface area contributed by atoms with Gasteiger partial charge in [0, 0.05) is 19.7 Å². The average Bonchev–Trinajstić information content (AvgIpc) is 2.44. The molecule has 18 heavy (non-hydrogen) atoms. The molecule has 0 aromatic carbocycles. The SMILES string of the molecule is CCC(CC)CN(CC)CC1(C=O)CCCOC1. The molecule has 1 unspecified atom stereocenters. The third-order valence-corrected chi connectivity index (χ3v) is 4.26. The van der Waals surface area contributed by atoms with Crippen molar-refractivity contribution in [3.8, 4) is 0 Å². The van der Waals surface area contributed by atoms with Crippen LogP contribution in [-0.4, -0.2) is 44.0 Å². The molecule has 0 amide bonds. The number of aldehydes is 1. The molecule has 1 aliphatic heterocycles. The fraction of sp³-hybridized carbons (Fsp3) is 0.933. The summed E-state index contributed by atoms with van der Waals surface area (Å²) in [5, 5.41) is 0. The van der Waals surface area contributed by atoms with Gasteiger partial charge in [0.05, 0.1) is 12.0 Å². The first-order valence-corrected chi connectivity index (χ1v) is 7.46. The third kappa shape index (κ3) is 4.36. The van der Waals surface area contributed by atoms with E-state index >= 15 is 0 Å². The van der Waals surface area contributed by atoms with Crippen LogP contribution in [-0.2, 0) is 9.53 Å². The van der Waals surface area contributed by atoms with Gasteiger partial charge in [0.25, 0.3) is 0 Å². The molecule has 1 saturated heterocycles. The van der Waals surface area contributed by atoms with Crippen molar-refractivity contribution in [2.45, 2.75) is 46.5 Å². The van der Waals surface area contributed by atoms with E-state index in [2.05, 4.69) is 25.7 Å². The topological polar surface area (TPSA) is 29.5 Å². The van der Waals surface area contributed by atoms with Crippen LogP contribution in [0.25, 0.3) is 0 Å². The van der Waals surface area contributed by atoms with Crippen molar-refractivity contribution in [3.05, 3.63) is 0 Å². The molecule has 1 atom stereocenters. The fourth-order valence-electron chi connectivity index (χ4n) is 2.79. The summed E-state index contributed by atoms with van der Waals surface area (Å²) < 4.78 is 5.52. The third-order valence-electron chi connectivity index (χ3n) is 4.26. The number of hydrogen-bond donors (Lipinski definition) is 0. The van der Waals surface area contributed by atoms with E-state index in [1.807, 2.05) is 0 Å². The van der Waals surface area contributed by atoms with Gasteiger partial charge in [-0.05, 0) is 25.3 Å². The number of ether oxygens (including phenoxy) is 1. The highest BCUT2D eigenvalue weighted by atomic mass is 16.5. The van der Waals surface area contributed by atoms with Crippen molar-refractivity contribution in [1.29, 1.82) is 0 Å². The number of carbonyl (C=O) groups is 1. The van der Waals surface area contributed by atoms with Crippen molar-refractivity contribution in [2.24, 2.45) is 11.3 Å². The number of hydrogen-bond acceptors (Lipinski definition) is 3. The Labute approximate surface area is 112 Å².